The van der Waals surface area contributed by atoms with E-state index in [4.69, 9.17) is 0 Å². The molecule has 0 spiro atoms. The van der Waals surface area contributed by atoms with Gasteiger partial charge in [-0.2, -0.15) is 0 Å². The smallest absolute Gasteiger partial charge is 0.0606 e. The minimum absolute atomic E-state index is 0.202. The van der Waals surface area contributed by atoms with Gasteiger partial charge in [0, 0.05) is 18.6 Å². The molecule has 0 saturated heterocycles. The van der Waals surface area contributed by atoms with E-state index < -0.39 is 0 Å². The number of rotatable bonds is 9. The van der Waals surface area contributed by atoms with E-state index in [-0.39, 0.29) is 6.61 Å². The molecule has 0 aromatic carbocycles. The van der Waals surface area contributed by atoms with Gasteiger partial charge in [0.25, 0.3) is 0 Å². The van der Waals surface area contributed by atoms with Crippen LogP contribution in [0.15, 0.2) is 18.3 Å². The fourth-order valence-electron chi connectivity index (χ4n) is 2.88. The lowest BCUT2D eigenvalue weighted by molar-refractivity contribution is 0.283. The fraction of sp³-hybridized carbons (Fsp3) is 0.706. The van der Waals surface area contributed by atoms with Crippen molar-refractivity contribution in [2.24, 2.45) is 0 Å². The van der Waals surface area contributed by atoms with E-state index >= 15 is 0 Å². The number of pyridine rings is 1. The van der Waals surface area contributed by atoms with Crippen LogP contribution in [0, 0.1) is 0 Å². The molecule has 4 heteroatoms. The summed E-state index contributed by atoms with van der Waals surface area (Å²) < 4.78 is 0. The lowest BCUT2D eigenvalue weighted by Crippen LogP contribution is -2.42. The first-order valence-electron chi connectivity index (χ1n) is 8.37. The Morgan fingerprint density at radius 3 is 2.67 bits per heavy atom. The third-order valence-corrected chi connectivity index (χ3v) is 4.36. The van der Waals surface area contributed by atoms with Crippen molar-refractivity contribution < 1.29 is 5.11 Å². The lowest BCUT2D eigenvalue weighted by Gasteiger charge is -2.38. The van der Waals surface area contributed by atoms with Crippen molar-refractivity contribution >= 4 is 5.69 Å². The van der Waals surface area contributed by atoms with E-state index in [9.17, 15) is 5.11 Å². The molecule has 1 saturated carbocycles. The molecule has 0 bridgehead atoms. The average molecular weight is 291 g/mol. The van der Waals surface area contributed by atoms with Gasteiger partial charge in [-0.15, -0.1) is 0 Å². The van der Waals surface area contributed by atoms with Crippen molar-refractivity contribution in [3.05, 3.63) is 24.0 Å². The van der Waals surface area contributed by atoms with E-state index in [0.29, 0.717) is 18.6 Å². The summed E-state index contributed by atoms with van der Waals surface area (Å²) in [6, 6.07) is 5.22. The van der Waals surface area contributed by atoms with E-state index in [1.165, 1.54) is 19.3 Å². The van der Waals surface area contributed by atoms with Crippen LogP contribution < -0.4 is 10.2 Å². The molecule has 1 atom stereocenters. The SMILES string of the molecule is CCCNC(CC)c1ccc(N(CCO)C2CCC2)cn1. The van der Waals surface area contributed by atoms with Crippen LogP contribution in [0.4, 0.5) is 5.69 Å². The first kappa shape index (κ1) is 16.2. The molecular weight excluding hydrogens is 262 g/mol. The number of nitrogens with zero attached hydrogens (tertiary/aromatic N) is 2. The zero-order valence-corrected chi connectivity index (χ0v) is 13.4. The van der Waals surface area contributed by atoms with E-state index in [1.807, 2.05) is 6.20 Å². The summed E-state index contributed by atoms with van der Waals surface area (Å²) in [5.74, 6) is 0. The molecule has 1 aliphatic rings. The first-order chi connectivity index (χ1) is 10.3. The lowest BCUT2D eigenvalue weighted by atomic mass is 9.91. The van der Waals surface area contributed by atoms with Gasteiger partial charge < -0.3 is 15.3 Å². The van der Waals surface area contributed by atoms with Gasteiger partial charge >= 0.3 is 0 Å². The van der Waals surface area contributed by atoms with Gasteiger partial charge in [-0.3, -0.25) is 4.98 Å². The normalized spacial score (nSPS) is 16.5. The molecule has 1 unspecified atom stereocenters. The summed E-state index contributed by atoms with van der Waals surface area (Å²) in [7, 11) is 0. The van der Waals surface area contributed by atoms with Crippen LogP contribution in [-0.2, 0) is 0 Å². The standard InChI is InChI=1S/C17H29N3O/c1-3-10-18-16(4-2)17-9-8-15(13-19-17)20(11-12-21)14-6-5-7-14/h8-9,13-14,16,18,21H,3-7,10-12H2,1-2H3. The second kappa shape index (κ2) is 8.35. The van der Waals surface area contributed by atoms with Crippen molar-refractivity contribution in [2.45, 2.75) is 58.0 Å². The monoisotopic (exact) mass is 291 g/mol. The summed E-state index contributed by atoms with van der Waals surface area (Å²) in [5, 5.41) is 12.8. The number of aliphatic hydroxyl groups excluding tert-OH is 1. The molecule has 1 fully saturated rings. The summed E-state index contributed by atoms with van der Waals surface area (Å²) in [4.78, 5) is 6.97. The van der Waals surface area contributed by atoms with Gasteiger partial charge in [-0.25, -0.2) is 0 Å². The molecule has 4 nitrogen and oxygen atoms in total. The maximum Gasteiger partial charge on any atom is 0.0606 e. The van der Waals surface area contributed by atoms with Gasteiger partial charge in [0.2, 0.25) is 0 Å². The fourth-order valence-corrected chi connectivity index (χ4v) is 2.88. The second-order valence-corrected chi connectivity index (χ2v) is 5.86. The summed E-state index contributed by atoms with van der Waals surface area (Å²) >= 11 is 0. The highest BCUT2D eigenvalue weighted by Crippen LogP contribution is 2.29. The van der Waals surface area contributed by atoms with Gasteiger partial charge in [-0.1, -0.05) is 13.8 Å². The number of hydrogen-bond acceptors (Lipinski definition) is 4. The topological polar surface area (TPSA) is 48.4 Å². The van der Waals surface area contributed by atoms with Crippen LogP contribution in [0.2, 0.25) is 0 Å². The van der Waals surface area contributed by atoms with Crippen molar-refractivity contribution in [1.82, 2.24) is 10.3 Å². The number of hydrogen-bond donors (Lipinski definition) is 2. The van der Waals surface area contributed by atoms with Crippen molar-refractivity contribution in [3.8, 4) is 0 Å². The number of nitrogens with one attached hydrogen (secondary N) is 1. The van der Waals surface area contributed by atoms with Crippen LogP contribution in [0.3, 0.4) is 0 Å². The Hall–Kier alpha value is -1.13. The first-order valence-corrected chi connectivity index (χ1v) is 8.37. The Morgan fingerprint density at radius 1 is 1.38 bits per heavy atom. The van der Waals surface area contributed by atoms with Crippen molar-refractivity contribution in [2.75, 3.05) is 24.6 Å². The Labute approximate surface area is 128 Å². The molecular formula is C17H29N3O. The quantitative estimate of drug-likeness (QED) is 0.734. The second-order valence-electron chi connectivity index (χ2n) is 5.86. The average Bonchev–Trinajstić information content (AvgIpc) is 2.46. The third kappa shape index (κ3) is 4.17. The molecule has 118 valence electrons. The maximum absolute atomic E-state index is 9.27. The Bertz CT molecular complexity index is 403. The van der Waals surface area contributed by atoms with Crippen LogP contribution >= 0.6 is 0 Å². The highest BCUT2D eigenvalue weighted by Gasteiger charge is 2.25. The number of anilines is 1. The Kier molecular flexibility index (Phi) is 6.46. The van der Waals surface area contributed by atoms with Crippen LogP contribution in [-0.4, -0.2) is 35.8 Å². The molecule has 2 rings (SSSR count). The summed E-state index contributed by atoms with van der Waals surface area (Å²) in [6.07, 6.45) is 7.93. The molecule has 1 aromatic heterocycles. The molecule has 0 amide bonds. The van der Waals surface area contributed by atoms with Crippen LogP contribution in [0.5, 0.6) is 0 Å². The van der Waals surface area contributed by atoms with E-state index in [1.54, 1.807) is 0 Å². The zero-order valence-electron chi connectivity index (χ0n) is 13.4. The predicted octanol–water partition coefficient (Wildman–Crippen LogP) is 2.88. The molecule has 0 radical (unpaired) electrons. The summed E-state index contributed by atoms with van der Waals surface area (Å²) in [6.45, 7) is 6.31. The Morgan fingerprint density at radius 2 is 2.19 bits per heavy atom. The highest BCUT2D eigenvalue weighted by molar-refractivity contribution is 5.46. The Balaban J connectivity index is 2.05. The predicted molar refractivity (Wildman–Crippen MR) is 87.6 cm³/mol. The van der Waals surface area contributed by atoms with Crippen molar-refractivity contribution in [1.29, 1.82) is 0 Å². The van der Waals surface area contributed by atoms with Crippen molar-refractivity contribution in [3.63, 3.8) is 0 Å². The molecule has 0 aliphatic heterocycles. The zero-order chi connectivity index (χ0) is 15.1. The molecule has 2 N–H and O–H groups in total. The number of aromatic nitrogens is 1. The van der Waals surface area contributed by atoms with E-state index in [2.05, 4.69) is 41.2 Å². The highest BCUT2D eigenvalue weighted by atomic mass is 16.3. The third-order valence-electron chi connectivity index (χ3n) is 4.36. The van der Waals surface area contributed by atoms with Gasteiger partial charge in [0.15, 0.2) is 0 Å². The van der Waals surface area contributed by atoms with E-state index in [0.717, 1.165) is 30.8 Å². The molecule has 1 heterocycles. The molecule has 1 aliphatic carbocycles. The van der Waals surface area contributed by atoms with Gasteiger partial charge in [0.1, 0.15) is 0 Å². The van der Waals surface area contributed by atoms with Crippen LogP contribution in [0.1, 0.15) is 57.7 Å². The minimum atomic E-state index is 0.202. The maximum atomic E-state index is 9.27. The minimum Gasteiger partial charge on any atom is -0.395 e. The molecule has 21 heavy (non-hydrogen) atoms. The number of aliphatic hydroxyl groups is 1. The van der Waals surface area contributed by atoms with Crippen LogP contribution in [0.25, 0.3) is 0 Å². The van der Waals surface area contributed by atoms with Gasteiger partial charge in [0.05, 0.1) is 24.2 Å². The molecule has 1 aromatic rings. The summed E-state index contributed by atoms with van der Waals surface area (Å²) in [5.41, 5.74) is 2.26. The van der Waals surface area contributed by atoms with Gasteiger partial charge in [-0.05, 0) is 50.8 Å². The largest absolute Gasteiger partial charge is 0.395 e.